The highest BCUT2D eigenvalue weighted by Crippen LogP contribution is 2.46. The summed E-state index contributed by atoms with van der Waals surface area (Å²) in [5.41, 5.74) is 10.1. The summed E-state index contributed by atoms with van der Waals surface area (Å²) in [5.74, 6) is 0. The molecule has 0 aliphatic heterocycles. The molecule has 0 saturated heterocycles. The maximum atomic E-state index is 6.84. The Morgan fingerprint density at radius 2 is 1.20 bits per heavy atom. The number of hydrogen-bond acceptors (Lipinski definition) is 2. The first-order valence-electron chi connectivity index (χ1n) is 13.9. The molecular weight excluding hydrogens is 518 g/mol. The Bertz CT molecular complexity index is 2410. The number of nitrogens with zero attached hydrogens (tertiary/aromatic N) is 1. The predicted molar refractivity (Wildman–Crippen MR) is 174 cm³/mol. The number of rotatable bonds is 3. The lowest BCUT2D eigenvalue weighted by Gasteiger charge is -2.08. The lowest BCUT2D eigenvalue weighted by atomic mass is 9.99. The van der Waals surface area contributed by atoms with Gasteiger partial charge in [-0.25, -0.2) is 0 Å². The van der Waals surface area contributed by atoms with Crippen LogP contribution in [-0.4, -0.2) is 4.57 Å². The molecule has 0 atom stereocenters. The normalized spacial score (nSPS) is 11.9. The van der Waals surface area contributed by atoms with Crippen LogP contribution in [0.15, 0.2) is 144 Å². The van der Waals surface area contributed by atoms with Crippen LogP contribution in [0.2, 0.25) is 0 Å². The van der Waals surface area contributed by atoms with E-state index in [1.165, 1.54) is 36.9 Å². The molecule has 3 heterocycles. The van der Waals surface area contributed by atoms with Crippen LogP contribution in [0.4, 0.5) is 0 Å². The van der Waals surface area contributed by atoms with Crippen molar-refractivity contribution in [2.45, 2.75) is 0 Å². The Hall–Kier alpha value is -5.12. The zero-order valence-electron chi connectivity index (χ0n) is 22.0. The van der Waals surface area contributed by atoms with Gasteiger partial charge in [-0.2, -0.15) is 0 Å². The molecule has 9 aromatic rings. The maximum absolute atomic E-state index is 6.84. The van der Waals surface area contributed by atoms with Gasteiger partial charge in [0.2, 0.25) is 0 Å². The summed E-state index contributed by atoms with van der Waals surface area (Å²) in [6, 6.07) is 49.8. The summed E-state index contributed by atoms with van der Waals surface area (Å²) in [6.07, 6.45) is 0. The average Bonchev–Trinajstić information content (AvgIpc) is 3.70. The second-order valence-corrected chi connectivity index (χ2v) is 11.6. The van der Waals surface area contributed by atoms with Crippen molar-refractivity contribution >= 4 is 64.5 Å². The Labute approximate surface area is 240 Å². The molecule has 6 aromatic carbocycles. The number of fused-ring (bicyclic) bond motifs is 8. The van der Waals surface area contributed by atoms with Crippen molar-refractivity contribution in [3.05, 3.63) is 140 Å². The molecule has 0 radical (unpaired) electrons. The zero-order valence-corrected chi connectivity index (χ0v) is 22.9. The van der Waals surface area contributed by atoms with Crippen molar-refractivity contribution in [3.63, 3.8) is 0 Å². The van der Waals surface area contributed by atoms with Gasteiger partial charge >= 0.3 is 0 Å². The van der Waals surface area contributed by atoms with Crippen LogP contribution in [0, 0.1) is 0 Å². The minimum Gasteiger partial charge on any atom is -0.453 e. The summed E-state index contributed by atoms with van der Waals surface area (Å²) in [7, 11) is 0. The third kappa shape index (κ3) is 3.30. The molecule has 3 heteroatoms. The second kappa shape index (κ2) is 8.69. The van der Waals surface area contributed by atoms with Crippen LogP contribution in [-0.2, 0) is 0 Å². The van der Waals surface area contributed by atoms with E-state index in [1.807, 2.05) is 11.3 Å². The van der Waals surface area contributed by atoms with Gasteiger partial charge in [0.25, 0.3) is 0 Å². The molecule has 0 unspecified atom stereocenters. The van der Waals surface area contributed by atoms with Crippen LogP contribution in [0.5, 0.6) is 0 Å². The van der Waals surface area contributed by atoms with E-state index in [0.717, 1.165) is 44.2 Å². The van der Waals surface area contributed by atoms with Crippen LogP contribution < -0.4 is 0 Å². The highest BCUT2D eigenvalue weighted by atomic mass is 32.1. The highest BCUT2D eigenvalue weighted by molar-refractivity contribution is 7.26. The minimum absolute atomic E-state index is 0.933. The fourth-order valence-corrected chi connectivity index (χ4v) is 7.58. The Morgan fingerprint density at radius 1 is 0.488 bits per heavy atom. The second-order valence-electron chi connectivity index (χ2n) is 10.5. The molecule has 0 bridgehead atoms. The molecule has 3 aromatic heterocycles. The zero-order chi connectivity index (χ0) is 26.9. The number of thiophene rings is 1. The average molecular weight is 542 g/mol. The molecule has 0 spiro atoms. The topological polar surface area (TPSA) is 18.1 Å². The van der Waals surface area contributed by atoms with Crippen molar-refractivity contribution in [1.29, 1.82) is 0 Å². The summed E-state index contributed by atoms with van der Waals surface area (Å²) in [6.45, 7) is 0. The largest absolute Gasteiger partial charge is 0.453 e. The molecule has 0 aliphatic carbocycles. The first kappa shape index (κ1) is 22.7. The van der Waals surface area contributed by atoms with Crippen LogP contribution in [0.3, 0.4) is 0 Å². The fraction of sp³-hybridized carbons (Fsp3) is 0. The van der Waals surface area contributed by atoms with Gasteiger partial charge in [0, 0.05) is 47.8 Å². The third-order valence-electron chi connectivity index (χ3n) is 8.21. The van der Waals surface area contributed by atoms with Gasteiger partial charge in [0.05, 0.1) is 5.52 Å². The number of hydrogen-bond donors (Lipinski definition) is 0. The molecule has 192 valence electrons. The number of aromatic nitrogens is 1. The number of para-hydroxylation sites is 3. The van der Waals surface area contributed by atoms with E-state index in [-0.39, 0.29) is 0 Å². The van der Waals surface area contributed by atoms with E-state index in [4.69, 9.17) is 4.42 Å². The maximum Gasteiger partial charge on any atom is 0.161 e. The highest BCUT2D eigenvalue weighted by Gasteiger charge is 2.22. The molecule has 0 amide bonds. The first-order chi connectivity index (χ1) is 20.3. The van der Waals surface area contributed by atoms with Gasteiger partial charge in [0.1, 0.15) is 11.1 Å². The van der Waals surface area contributed by atoms with Crippen molar-refractivity contribution in [2.24, 2.45) is 0 Å². The van der Waals surface area contributed by atoms with Crippen LogP contribution in [0.1, 0.15) is 0 Å². The first-order valence-corrected chi connectivity index (χ1v) is 14.7. The molecule has 41 heavy (non-hydrogen) atoms. The van der Waals surface area contributed by atoms with Crippen LogP contribution >= 0.6 is 11.3 Å². The van der Waals surface area contributed by atoms with Crippen molar-refractivity contribution in [1.82, 2.24) is 4.57 Å². The quantitative estimate of drug-likeness (QED) is 0.217. The molecule has 0 N–H and O–H groups in total. The van der Waals surface area contributed by atoms with E-state index < -0.39 is 0 Å². The lowest BCUT2D eigenvalue weighted by molar-refractivity contribution is 0.674. The fourth-order valence-electron chi connectivity index (χ4n) is 6.37. The Kier molecular flexibility index (Phi) is 4.80. The van der Waals surface area contributed by atoms with E-state index in [1.54, 1.807) is 0 Å². The molecular formula is C38H23NOS. The molecule has 0 saturated carbocycles. The van der Waals surface area contributed by atoms with Gasteiger partial charge in [0.15, 0.2) is 5.58 Å². The smallest absolute Gasteiger partial charge is 0.161 e. The minimum atomic E-state index is 0.933. The van der Waals surface area contributed by atoms with E-state index in [9.17, 15) is 0 Å². The van der Waals surface area contributed by atoms with Gasteiger partial charge in [-0.1, -0.05) is 97.1 Å². The monoisotopic (exact) mass is 541 g/mol. The van der Waals surface area contributed by atoms with Crippen LogP contribution in [0.25, 0.3) is 81.1 Å². The Balaban J connectivity index is 1.32. The summed E-state index contributed by atoms with van der Waals surface area (Å²) in [4.78, 5) is 0. The van der Waals surface area contributed by atoms with Gasteiger partial charge in [-0.15, -0.1) is 11.3 Å². The molecule has 0 aliphatic rings. The summed E-state index contributed by atoms with van der Waals surface area (Å²) in [5, 5.41) is 4.84. The number of benzene rings is 6. The Morgan fingerprint density at radius 3 is 2.05 bits per heavy atom. The SMILES string of the molecule is c1ccc(-c2ccc3sc4c(-c5cccc6c5oc5c7ccccc7n(-c7ccccc7)c65)cccc4c3c2)cc1. The van der Waals surface area contributed by atoms with Gasteiger partial charge in [-0.3, -0.25) is 0 Å². The summed E-state index contributed by atoms with van der Waals surface area (Å²) < 4.78 is 11.8. The van der Waals surface area contributed by atoms with Gasteiger partial charge in [-0.05, 0) is 53.6 Å². The number of furan rings is 1. The molecule has 9 rings (SSSR count). The predicted octanol–water partition coefficient (Wildman–Crippen LogP) is 11.2. The molecule has 2 nitrogen and oxygen atoms in total. The van der Waals surface area contributed by atoms with Crippen molar-refractivity contribution < 1.29 is 4.42 Å². The van der Waals surface area contributed by atoms with E-state index in [2.05, 4.69) is 144 Å². The third-order valence-corrected chi connectivity index (χ3v) is 9.43. The van der Waals surface area contributed by atoms with Gasteiger partial charge < -0.3 is 8.98 Å². The van der Waals surface area contributed by atoms with Crippen molar-refractivity contribution in [3.8, 4) is 27.9 Å². The van der Waals surface area contributed by atoms with E-state index >= 15 is 0 Å². The van der Waals surface area contributed by atoms with Crippen molar-refractivity contribution in [2.75, 3.05) is 0 Å². The standard InChI is InChI=1S/C38H23NOS/c1-3-11-24(12-4-1)25-21-22-34-32(23-25)29-18-10-17-28(38(29)41-34)27-16-9-19-31-35-37(40-36(27)31)30-15-7-8-20-33(30)39(35)26-13-5-2-6-14-26/h1-23H. The van der Waals surface area contributed by atoms with E-state index in [0.29, 0.717) is 0 Å². The molecule has 0 fully saturated rings. The summed E-state index contributed by atoms with van der Waals surface area (Å²) >= 11 is 1.86. The lowest BCUT2D eigenvalue weighted by Crippen LogP contribution is -1.92.